The number of rotatable bonds is 3. The number of phenolic OH excluding ortho intramolecular Hbond substituents is 1. The Morgan fingerprint density at radius 2 is 1.68 bits per heavy atom. The van der Waals surface area contributed by atoms with E-state index in [1.807, 2.05) is 31.1 Å². The third kappa shape index (κ3) is 3.09. The Labute approximate surface area is 212 Å². The summed E-state index contributed by atoms with van der Waals surface area (Å²) in [6.45, 7) is 0. The van der Waals surface area contributed by atoms with Crippen molar-refractivity contribution < 1.29 is 34.8 Å². The van der Waals surface area contributed by atoms with E-state index in [-0.39, 0.29) is 29.7 Å². The number of aliphatic hydroxyl groups is 3. The molecule has 0 fully saturated rings. The lowest BCUT2D eigenvalue weighted by Crippen LogP contribution is -2.63. The first-order chi connectivity index (χ1) is 17.3. The number of carbonyl (C=O) groups is 3. The summed E-state index contributed by atoms with van der Waals surface area (Å²) in [5, 5.41) is 46.4. The molecule has 6 N–H and O–H groups in total. The lowest BCUT2D eigenvalue weighted by atomic mass is 9.58. The summed E-state index contributed by atoms with van der Waals surface area (Å²) >= 11 is 0. The van der Waals surface area contributed by atoms with Gasteiger partial charge < -0.3 is 31.1 Å². The summed E-state index contributed by atoms with van der Waals surface area (Å²) in [5.74, 6) is -6.58. The van der Waals surface area contributed by atoms with E-state index in [1.165, 1.54) is 4.90 Å². The van der Waals surface area contributed by atoms with Crippen molar-refractivity contribution in [3.8, 4) is 5.75 Å². The van der Waals surface area contributed by atoms with Crippen molar-refractivity contribution in [1.29, 1.82) is 0 Å². The molecule has 5 rings (SSSR count). The molecule has 0 heterocycles. The summed E-state index contributed by atoms with van der Waals surface area (Å²) in [7, 11) is 6.87. The number of ketones is 2. The Morgan fingerprint density at radius 3 is 2.24 bits per heavy atom. The van der Waals surface area contributed by atoms with Crippen LogP contribution in [0.5, 0.6) is 5.75 Å². The smallest absolute Gasteiger partial charge is 0.255 e. The van der Waals surface area contributed by atoms with Crippen LogP contribution in [0.4, 0.5) is 5.69 Å². The minimum Gasteiger partial charge on any atom is -0.510 e. The Morgan fingerprint density at radius 1 is 1.05 bits per heavy atom. The number of allylic oxidation sites excluding steroid dienone is 1. The molecule has 10 heteroatoms. The number of fused-ring (bicyclic) bond motifs is 4. The van der Waals surface area contributed by atoms with Gasteiger partial charge >= 0.3 is 0 Å². The number of amides is 1. The maximum Gasteiger partial charge on any atom is 0.255 e. The number of benzene rings is 2. The fourth-order valence-corrected chi connectivity index (χ4v) is 6.56. The zero-order chi connectivity index (χ0) is 27.1. The van der Waals surface area contributed by atoms with Crippen LogP contribution < -0.4 is 10.6 Å². The fourth-order valence-electron chi connectivity index (χ4n) is 6.56. The van der Waals surface area contributed by atoms with Crippen molar-refractivity contribution in [1.82, 2.24) is 4.90 Å². The maximum absolute atomic E-state index is 13.9. The Bertz CT molecular complexity index is 1470. The molecule has 3 aliphatic carbocycles. The molecule has 194 valence electrons. The topological polar surface area (TPSA) is 165 Å². The number of Topliss-reactive ketones (excluding diaryl/α,β-unsaturated/α-hetero) is 2. The van der Waals surface area contributed by atoms with Gasteiger partial charge in [-0.2, -0.15) is 0 Å². The van der Waals surface area contributed by atoms with Gasteiger partial charge in [-0.25, -0.2) is 0 Å². The van der Waals surface area contributed by atoms with Crippen molar-refractivity contribution in [2.75, 3.05) is 33.1 Å². The Hall–Kier alpha value is -3.89. The van der Waals surface area contributed by atoms with Gasteiger partial charge in [0.1, 0.15) is 22.8 Å². The number of likely N-dealkylation sites (N-methyl/N-ethyl adjacent to an activating group) is 1. The normalized spacial score (nSPS) is 27.4. The molecule has 0 radical (unpaired) electrons. The number of anilines is 1. The average molecular weight is 508 g/mol. The van der Waals surface area contributed by atoms with Gasteiger partial charge in [-0.15, -0.1) is 0 Å². The Kier molecular flexibility index (Phi) is 5.40. The number of aliphatic hydroxyl groups excluding tert-OH is 2. The molecule has 0 spiro atoms. The summed E-state index contributed by atoms with van der Waals surface area (Å²) in [5.41, 5.74) is 3.07. The molecule has 3 aliphatic rings. The van der Waals surface area contributed by atoms with E-state index in [4.69, 9.17) is 5.73 Å². The number of hydrogen-bond donors (Lipinski definition) is 5. The van der Waals surface area contributed by atoms with Crippen molar-refractivity contribution >= 4 is 33.9 Å². The molecule has 0 saturated carbocycles. The van der Waals surface area contributed by atoms with Crippen LogP contribution in [0.3, 0.4) is 0 Å². The van der Waals surface area contributed by atoms with E-state index < -0.39 is 58.0 Å². The van der Waals surface area contributed by atoms with E-state index in [1.54, 1.807) is 26.2 Å². The molecule has 0 aromatic heterocycles. The van der Waals surface area contributed by atoms with Crippen LogP contribution in [-0.2, 0) is 16.0 Å². The molecule has 0 unspecified atom stereocenters. The number of primary amides is 1. The number of nitrogens with zero attached hydrogens (tertiary/aromatic N) is 2. The highest BCUT2D eigenvalue weighted by Crippen LogP contribution is 2.54. The average Bonchev–Trinajstić information content (AvgIpc) is 2.81. The Balaban J connectivity index is 1.80. The van der Waals surface area contributed by atoms with E-state index >= 15 is 0 Å². The second-order valence-electron chi connectivity index (χ2n) is 10.5. The van der Waals surface area contributed by atoms with Gasteiger partial charge in [0.05, 0.1) is 11.6 Å². The molecule has 37 heavy (non-hydrogen) atoms. The molecule has 1 amide bonds. The van der Waals surface area contributed by atoms with Crippen molar-refractivity contribution in [3.05, 3.63) is 58.1 Å². The molecular weight excluding hydrogens is 478 g/mol. The predicted octanol–water partition coefficient (Wildman–Crippen LogP) is 1.34. The third-order valence-electron chi connectivity index (χ3n) is 8.02. The number of aromatic hydroxyl groups is 1. The highest BCUT2D eigenvalue weighted by atomic mass is 16.3. The first-order valence-electron chi connectivity index (χ1n) is 11.9. The number of carbonyl (C=O) groups excluding carboxylic acids is 3. The fraction of sp³-hybridized carbons (Fsp3) is 0.370. The second kappa shape index (κ2) is 8.06. The lowest BCUT2D eigenvalue weighted by Gasteiger charge is -2.50. The van der Waals surface area contributed by atoms with E-state index in [0.717, 1.165) is 11.1 Å². The van der Waals surface area contributed by atoms with Crippen molar-refractivity contribution in [2.45, 2.75) is 24.5 Å². The van der Waals surface area contributed by atoms with Gasteiger partial charge in [0.15, 0.2) is 11.4 Å². The molecule has 0 bridgehead atoms. The minimum absolute atomic E-state index is 0.00295. The first kappa shape index (κ1) is 24.8. The van der Waals surface area contributed by atoms with Crippen LogP contribution in [0.1, 0.15) is 22.3 Å². The third-order valence-corrected chi connectivity index (χ3v) is 8.02. The lowest BCUT2D eigenvalue weighted by molar-refractivity contribution is -0.148. The quantitative estimate of drug-likeness (QED) is 0.386. The van der Waals surface area contributed by atoms with Crippen LogP contribution in [0.15, 0.2) is 46.9 Å². The summed E-state index contributed by atoms with van der Waals surface area (Å²) in [6, 6.07) is 6.09. The molecular formula is C27H29N3O7. The van der Waals surface area contributed by atoms with E-state index in [9.17, 15) is 34.8 Å². The maximum atomic E-state index is 13.9. The highest BCUT2D eigenvalue weighted by Gasteiger charge is 2.63. The van der Waals surface area contributed by atoms with Crippen LogP contribution in [0.2, 0.25) is 0 Å². The van der Waals surface area contributed by atoms with Crippen LogP contribution in [-0.4, -0.2) is 82.6 Å². The molecule has 0 aliphatic heterocycles. The standard InChI is InChI=1S/C27H29N3O7/c1-29(2)19-12-7-5-6-8-13(12)21(31)17-14(19)9-11-10-15-20(30(3)4)23(33)18(26(28)36)25(35)27(15,37)24(34)16(11)22(17)32/h5-8,11,15,20,31,33-34,37H,9-10H2,1-4H3,(H2,28,36)/t11-,15-,20-,27-/m0/s1. The van der Waals surface area contributed by atoms with Crippen LogP contribution >= 0.6 is 0 Å². The SMILES string of the molecule is CN(C)c1c2c(c(O)c3ccccc13)C(=O)C1=C(O)[C@]3(O)C(=O)C(C(N)=O)=C(O)[C@@H](N(C)C)[C@@H]3C[C@@H]1C2. The minimum atomic E-state index is -2.65. The number of hydrogen-bond acceptors (Lipinski definition) is 9. The second-order valence-corrected chi connectivity index (χ2v) is 10.5. The van der Waals surface area contributed by atoms with Crippen LogP contribution in [0, 0.1) is 11.8 Å². The highest BCUT2D eigenvalue weighted by molar-refractivity contribution is 6.25. The van der Waals surface area contributed by atoms with Crippen molar-refractivity contribution in [2.24, 2.45) is 17.6 Å². The van der Waals surface area contributed by atoms with Crippen LogP contribution in [0.25, 0.3) is 10.8 Å². The number of nitrogens with two attached hydrogens (primary N) is 1. The van der Waals surface area contributed by atoms with Gasteiger partial charge in [-0.1, -0.05) is 24.3 Å². The van der Waals surface area contributed by atoms with Gasteiger partial charge in [0, 0.05) is 42.0 Å². The predicted molar refractivity (Wildman–Crippen MR) is 136 cm³/mol. The van der Waals surface area contributed by atoms with E-state index in [2.05, 4.69) is 0 Å². The van der Waals surface area contributed by atoms with E-state index in [0.29, 0.717) is 10.9 Å². The molecule has 4 atom stereocenters. The zero-order valence-corrected chi connectivity index (χ0v) is 20.9. The van der Waals surface area contributed by atoms with Gasteiger partial charge in [-0.05, 0) is 38.4 Å². The van der Waals surface area contributed by atoms with Crippen molar-refractivity contribution in [3.63, 3.8) is 0 Å². The molecule has 2 aromatic carbocycles. The monoisotopic (exact) mass is 507 g/mol. The molecule has 2 aromatic rings. The molecule has 10 nitrogen and oxygen atoms in total. The molecule has 0 saturated heterocycles. The summed E-state index contributed by atoms with van der Waals surface area (Å²) in [4.78, 5) is 42.8. The largest absolute Gasteiger partial charge is 0.510 e. The number of phenols is 1. The van der Waals surface area contributed by atoms with Gasteiger partial charge in [-0.3, -0.25) is 19.3 Å². The zero-order valence-electron chi connectivity index (χ0n) is 20.9. The van der Waals surface area contributed by atoms with Gasteiger partial charge in [0.2, 0.25) is 5.78 Å². The summed E-state index contributed by atoms with van der Waals surface area (Å²) < 4.78 is 0. The summed E-state index contributed by atoms with van der Waals surface area (Å²) in [6.07, 6.45) is 0.284. The first-order valence-corrected chi connectivity index (χ1v) is 11.9. The van der Waals surface area contributed by atoms with Gasteiger partial charge in [0.25, 0.3) is 5.91 Å².